The summed E-state index contributed by atoms with van der Waals surface area (Å²) in [6, 6.07) is 14.4. The van der Waals surface area contributed by atoms with Gasteiger partial charge in [0, 0.05) is 32.2 Å². The molecule has 2 aromatic rings. The lowest BCUT2D eigenvalue weighted by Gasteiger charge is -2.24. The lowest BCUT2D eigenvalue weighted by atomic mass is 10.1. The number of carbonyl (C=O) groups excluding carboxylic acids is 3. The molecule has 10 heteroatoms. The molecule has 3 rings (SSSR count). The third-order valence-corrected chi connectivity index (χ3v) is 5.43. The van der Waals surface area contributed by atoms with Crippen molar-refractivity contribution in [1.82, 2.24) is 15.8 Å². The Labute approximate surface area is 198 Å². The molecule has 0 aromatic heterocycles. The molecule has 34 heavy (non-hydrogen) atoms. The molecule has 0 aliphatic carbocycles. The van der Waals surface area contributed by atoms with E-state index in [9.17, 15) is 18.8 Å². The third-order valence-electron chi connectivity index (χ3n) is 5.43. The zero-order valence-corrected chi connectivity index (χ0v) is 19.1. The molecule has 182 valence electrons. The molecule has 1 aliphatic heterocycles. The van der Waals surface area contributed by atoms with Gasteiger partial charge in [0.2, 0.25) is 11.8 Å². The summed E-state index contributed by atoms with van der Waals surface area (Å²) in [4.78, 5) is 36.3. The first-order chi connectivity index (χ1) is 16.5. The van der Waals surface area contributed by atoms with Gasteiger partial charge in [0.25, 0.3) is 6.47 Å². The van der Waals surface area contributed by atoms with Crippen molar-refractivity contribution in [3.63, 3.8) is 0 Å². The van der Waals surface area contributed by atoms with E-state index in [0.29, 0.717) is 50.4 Å². The van der Waals surface area contributed by atoms with Gasteiger partial charge in [-0.05, 0) is 23.8 Å². The Hall–Kier alpha value is -3.66. The number of halogens is 1. The molecule has 1 saturated heterocycles. The molecular formula is C24H30FN5O4. The number of amides is 2. The van der Waals surface area contributed by atoms with Crippen LogP contribution in [0.15, 0.2) is 48.5 Å². The van der Waals surface area contributed by atoms with Crippen molar-refractivity contribution < 1.29 is 23.5 Å². The second kappa shape index (κ2) is 12.5. The fourth-order valence-corrected chi connectivity index (χ4v) is 3.66. The van der Waals surface area contributed by atoms with E-state index in [2.05, 4.69) is 16.1 Å². The van der Waals surface area contributed by atoms with E-state index in [0.717, 1.165) is 5.56 Å². The average molecular weight is 472 g/mol. The highest BCUT2D eigenvalue weighted by atomic mass is 19.1. The van der Waals surface area contributed by atoms with Crippen LogP contribution < -0.4 is 21.0 Å². The maximum atomic E-state index is 14.9. The van der Waals surface area contributed by atoms with Crippen molar-refractivity contribution in [2.75, 3.05) is 49.5 Å². The van der Waals surface area contributed by atoms with Crippen molar-refractivity contribution in [3.05, 3.63) is 59.9 Å². The molecule has 9 nitrogen and oxygen atoms in total. The molecule has 2 aromatic carbocycles. The lowest BCUT2D eigenvalue weighted by Crippen LogP contribution is -2.44. The monoisotopic (exact) mass is 471 g/mol. The minimum atomic E-state index is -0.583. The van der Waals surface area contributed by atoms with Gasteiger partial charge < -0.3 is 20.3 Å². The first-order valence-electron chi connectivity index (χ1n) is 11.2. The van der Waals surface area contributed by atoms with Crippen LogP contribution in [0.3, 0.4) is 0 Å². The maximum Gasteiger partial charge on any atom is 0.293 e. The average Bonchev–Trinajstić information content (AvgIpc) is 3.08. The quantitative estimate of drug-likeness (QED) is 0.449. The summed E-state index contributed by atoms with van der Waals surface area (Å²) >= 11 is 0. The van der Waals surface area contributed by atoms with Crippen molar-refractivity contribution >= 4 is 29.7 Å². The molecule has 2 amide bonds. The standard InChI is InChI=1S/C24H30FN5O4/c1-18(32)26-15-21(34-17-31)16-27-20-7-8-23(22(25)14-20)29-10-9-28-30(12-11-29)24(33)13-19-5-3-2-4-6-19/h2-8,14,17,21,27-28H,9-13,15-16H2,1H3,(H,26,32)/t21-/m0/s1. The summed E-state index contributed by atoms with van der Waals surface area (Å²) < 4.78 is 19.9. The number of carbonyl (C=O) groups is 3. The molecule has 1 aliphatic rings. The van der Waals surface area contributed by atoms with E-state index in [1.54, 1.807) is 17.1 Å². The second-order valence-corrected chi connectivity index (χ2v) is 7.94. The van der Waals surface area contributed by atoms with Crippen LogP contribution >= 0.6 is 0 Å². The molecule has 0 unspecified atom stereocenters. The van der Waals surface area contributed by atoms with Crippen LogP contribution in [-0.2, 0) is 25.5 Å². The summed E-state index contributed by atoms with van der Waals surface area (Å²) in [6.45, 7) is 4.03. The third kappa shape index (κ3) is 7.45. The number of anilines is 2. The highest BCUT2D eigenvalue weighted by Crippen LogP contribution is 2.23. The van der Waals surface area contributed by atoms with Gasteiger partial charge in [-0.1, -0.05) is 30.3 Å². The Kier molecular flexibility index (Phi) is 9.21. The van der Waals surface area contributed by atoms with E-state index in [4.69, 9.17) is 4.74 Å². The Morgan fingerprint density at radius 3 is 2.65 bits per heavy atom. The normalized spacial score (nSPS) is 14.6. The highest BCUT2D eigenvalue weighted by molar-refractivity contribution is 5.78. The smallest absolute Gasteiger partial charge is 0.293 e. The number of benzene rings is 2. The van der Waals surface area contributed by atoms with Crippen LogP contribution in [0.2, 0.25) is 0 Å². The largest absolute Gasteiger partial charge is 0.461 e. The minimum absolute atomic E-state index is 0.0283. The molecule has 3 N–H and O–H groups in total. The number of nitrogens with zero attached hydrogens (tertiary/aromatic N) is 2. The Bertz CT molecular complexity index is 975. The fraction of sp³-hybridized carbons (Fsp3) is 0.375. The second-order valence-electron chi connectivity index (χ2n) is 7.94. The topological polar surface area (TPSA) is 103 Å². The SMILES string of the molecule is CC(=O)NC[C@@H](CNc1ccc(N2CCNN(C(=O)Cc3ccccc3)CC2)c(F)c1)OC=O. The van der Waals surface area contributed by atoms with E-state index >= 15 is 0 Å². The van der Waals surface area contributed by atoms with E-state index in [1.807, 2.05) is 35.2 Å². The van der Waals surface area contributed by atoms with Gasteiger partial charge >= 0.3 is 0 Å². The van der Waals surface area contributed by atoms with Crippen LogP contribution in [0.4, 0.5) is 15.8 Å². The Morgan fingerprint density at radius 2 is 1.94 bits per heavy atom. The highest BCUT2D eigenvalue weighted by Gasteiger charge is 2.21. The molecule has 1 atom stereocenters. The lowest BCUT2D eigenvalue weighted by molar-refractivity contribution is -0.134. The van der Waals surface area contributed by atoms with Gasteiger partial charge in [-0.3, -0.25) is 19.4 Å². The summed E-state index contributed by atoms with van der Waals surface area (Å²) in [5.41, 5.74) is 5.05. The molecule has 0 spiro atoms. The van der Waals surface area contributed by atoms with Gasteiger partial charge in [-0.2, -0.15) is 0 Å². The molecule has 1 heterocycles. The van der Waals surface area contributed by atoms with Crippen molar-refractivity contribution in [2.24, 2.45) is 0 Å². The number of nitrogens with one attached hydrogen (secondary N) is 3. The molecular weight excluding hydrogens is 441 g/mol. The Morgan fingerprint density at radius 1 is 1.15 bits per heavy atom. The summed E-state index contributed by atoms with van der Waals surface area (Å²) in [7, 11) is 0. The van der Waals surface area contributed by atoms with Gasteiger partial charge in [0.1, 0.15) is 11.9 Å². The maximum absolute atomic E-state index is 14.9. The molecule has 1 fully saturated rings. The van der Waals surface area contributed by atoms with Gasteiger partial charge in [0.05, 0.1) is 31.7 Å². The molecule has 0 bridgehead atoms. The fourth-order valence-electron chi connectivity index (χ4n) is 3.66. The van der Waals surface area contributed by atoms with Crippen LogP contribution in [-0.4, -0.2) is 68.7 Å². The summed E-state index contributed by atoms with van der Waals surface area (Å²) in [6.07, 6.45) is -0.278. The van der Waals surface area contributed by atoms with E-state index in [-0.39, 0.29) is 24.9 Å². The number of hydrazine groups is 1. The van der Waals surface area contributed by atoms with E-state index < -0.39 is 11.9 Å². The first-order valence-corrected chi connectivity index (χ1v) is 11.2. The van der Waals surface area contributed by atoms with Crippen LogP contribution in [0.25, 0.3) is 0 Å². The van der Waals surface area contributed by atoms with Gasteiger partial charge in [-0.15, -0.1) is 0 Å². The molecule has 0 saturated carbocycles. The zero-order valence-electron chi connectivity index (χ0n) is 19.1. The number of ether oxygens (including phenoxy) is 1. The summed E-state index contributed by atoms with van der Waals surface area (Å²) in [5, 5.41) is 7.21. The van der Waals surface area contributed by atoms with Crippen LogP contribution in [0.5, 0.6) is 0 Å². The predicted molar refractivity (Wildman–Crippen MR) is 127 cm³/mol. The number of rotatable bonds is 10. The summed E-state index contributed by atoms with van der Waals surface area (Å²) in [5.74, 6) is -0.662. The van der Waals surface area contributed by atoms with Gasteiger partial charge in [0.15, 0.2) is 0 Å². The first kappa shape index (κ1) is 25.0. The number of hydrogen-bond acceptors (Lipinski definition) is 7. The predicted octanol–water partition coefficient (Wildman–Crippen LogP) is 1.31. The zero-order chi connectivity index (χ0) is 24.3. The Balaban J connectivity index is 1.55. The minimum Gasteiger partial charge on any atom is -0.461 e. The van der Waals surface area contributed by atoms with Crippen molar-refractivity contribution in [3.8, 4) is 0 Å². The van der Waals surface area contributed by atoms with Crippen molar-refractivity contribution in [1.29, 1.82) is 0 Å². The van der Waals surface area contributed by atoms with Crippen molar-refractivity contribution in [2.45, 2.75) is 19.4 Å². The van der Waals surface area contributed by atoms with Crippen LogP contribution in [0.1, 0.15) is 12.5 Å². The van der Waals surface area contributed by atoms with Crippen LogP contribution in [0, 0.1) is 5.82 Å². The number of hydrogen-bond donors (Lipinski definition) is 3. The van der Waals surface area contributed by atoms with Gasteiger partial charge in [-0.25, -0.2) is 9.82 Å². The molecule has 0 radical (unpaired) electrons. The van der Waals surface area contributed by atoms with E-state index in [1.165, 1.54) is 13.0 Å².